The largest absolute Gasteiger partial charge is 0.439 e. The van der Waals surface area contributed by atoms with E-state index in [2.05, 4.69) is 17.2 Å². The molecule has 1 N–H and O–H groups in total. The summed E-state index contributed by atoms with van der Waals surface area (Å²) in [6.07, 6.45) is 1.17. The number of nitrogens with one attached hydrogen (secondary N) is 1. The zero-order valence-corrected chi connectivity index (χ0v) is 9.79. The van der Waals surface area contributed by atoms with Crippen molar-refractivity contribution in [1.29, 1.82) is 0 Å². The van der Waals surface area contributed by atoms with E-state index in [1.54, 1.807) is 0 Å². The first kappa shape index (κ1) is 10.1. The van der Waals surface area contributed by atoms with Crippen LogP contribution < -0.4 is 5.32 Å². The fourth-order valence-corrected chi connectivity index (χ4v) is 2.38. The average molecular weight is 237 g/mol. The fraction of sp³-hybridized carbons (Fsp3) is 0.417. The van der Waals surface area contributed by atoms with Gasteiger partial charge in [0.05, 0.1) is 6.04 Å². The summed E-state index contributed by atoms with van der Waals surface area (Å²) in [4.78, 5) is 4.50. The lowest BCUT2D eigenvalue weighted by molar-refractivity contribution is 0.394. The van der Waals surface area contributed by atoms with Gasteiger partial charge in [-0.1, -0.05) is 18.5 Å². The van der Waals surface area contributed by atoms with Gasteiger partial charge in [-0.2, -0.15) is 0 Å². The lowest BCUT2D eigenvalue weighted by atomic mass is 10.0. The number of aromatic nitrogens is 1. The minimum atomic E-state index is 0.242. The zero-order chi connectivity index (χ0) is 11.1. The van der Waals surface area contributed by atoms with E-state index in [0.717, 1.165) is 23.5 Å². The maximum absolute atomic E-state index is 5.91. The Kier molecular flexibility index (Phi) is 2.37. The summed E-state index contributed by atoms with van der Waals surface area (Å²) in [7, 11) is 0. The van der Waals surface area contributed by atoms with Crippen LogP contribution in [0.4, 0.5) is 0 Å². The highest BCUT2D eigenvalue weighted by Crippen LogP contribution is 2.31. The van der Waals surface area contributed by atoms with Gasteiger partial charge in [0.1, 0.15) is 5.52 Å². The number of hydrogen-bond acceptors (Lipinski definition) is 3. The molecule has 2 aromatic rings. The highest BCUT2D eigenvalue weighted by Gasteiger charge is 2.28. The third-order valence-corrected chi connectivity index (χ3v) is 3.40. The number of oxazole rings is 1. The molecule has 16 heavy (non-hydrogen) atoms. The molecule has 84 valence electrons. The number of benzene rings is 1. The van der Waals surface area contributed by atoms with E-state index in [0.29, 0.717) is 10.9 Å². The Morgan fingerprint density at radius 1 is 1.50 bits per heavy atom. The summed E-state index contributed by atoms with van der Waals surface area (Å²) < 4.78 is 5.75. The predicted octanol–water partition coefficient (Wildman–Crippen LogP) is 3.15. The van der Waals surface area contributed by atoms with Gasteiger partial charge in [-0.25, -0.2) is 4.98 Å². The second-order valence-corrected chi connectivity index (χ2v) is 4.80. The van der Waals surface area contributed by atoms with Crippen molar-refractivity contribution in [3.05, 3.63) is 29.1 Å². The van der Waals surface area contributed by atoms with Crippen LogP contribution in [-0.4, -0.2) is 11.5 Å². The van der Waals surface area contributed by atoms with Crippen molar-refractivity contribution in [2.45, 2.75) is 19.4 Å². The van der Waals surface area contributed by atoms with Crippen LogP contribution in [0.1, 0.15) is 25.3 Å². The van der Waals surface area contributed by atoms with E-state index in [1.807, 2.05) is 18.2 Å². The van der Waals surface area contributed by atoms with Crippen molar-refractivity contribution in [1.82, 2.24) is 10.3 Å². The van der Waals surface area contributed by atoms with E-state index in [-0.39, 0.29) is 6.04 Å². The average Bonchev–Trinajstić information content (AvgIpc) is 2.82. The second kappa shape index (κ2) is 3.75. The van der Waals surface area contributed by atoms with Gasteiger partial charge >= 0.3 is 0 Å². The quantitative estimate of drug-likeness (QED) is 0.827. The monoisotopic (exact) mass is 236 g/mol. The Morgan fingerprint density at radius 2 is 2.38 bits per heavy atom. The Balaban J connectivity index is 2.04. The summed E-state index contributed by atoms with van der Waals surface area (Å²) in [6, 6.07) is 5.78. The highest BCUT2D eigenvalue weighted by atomic mass is 35.5. The Labute approximate surface area is 98.8 Å². The van der Waals surface area contributed by atoms with E-state index in [1.165, 1.54) is 6.42 Å². The van der Waals surface area contributed by atoms with Crippen LogP contribution >= 0.6 is 11.6 Å². The van der Waals surface area contributed by atoms with Crippen LogP contribution in [0.5, 0.6) is 0 Å². The van der Waals surface area contributed by atoms with Crippen molar-refractivity contribution < 1.29 is 4.42 Å². The maximum Gasteiger partial charge on any atom is 0.212 e. The molecule has 0 bridgehead atoms. The molecule has 1 aliphatic heterocycles. The van der Waals surface area contributed by atoms with Crippen LogP contribution in [0.15, 0.2) is 22.6 Å². The zero-order valence-electron chi connectivity index (χ0n) is 9.03. The third-order valence-electron chi connectivity index (χ3n) is 3.17. The van der Waals surface area contributed by atoms with Gasteiger partial charge in [-0.05, 0) is 31.0 Å². The molecule has 3 nitrogen and oxygen atoms in total. The minimum Gasteiger partial charge on any atom is -0.439 e. The summed E-state index contributed by atoms with van der Waals surface area (Å²) >= 11 is 5.91. The van der Waals surface area contributed by atoms with Crippen LogP contribution in [0.3, 0.4) is 0 Å². The molecule has 0 radical (unpaired) electrons. The number of rotatable bonds is 1. The van der Waals surface area contributed by atoms with Crippen molar-refractivity contribution >= 4 is 22.7 Å². The van der Waals surface area contributed by atoms with Crippen molar-refractivity contribution in [2.24, 2.45) is 5.92 Å². The van der Waals surface area contributed by atoms with E-state index in [4.69, 9.17) is 16.0 Å². The van der Waals surface area contributed by atoms with Gasteiger partial charge in [-0.15, -0.1) is 0 Å². The fourth-order valence-electron chi connectivity index (χ4n) is 2.21. The predicted molar refractivity (Wildman–Crippen MR) is 63.5 cm³/mol. The first-order valence-corrected chi connectivity index (χ1v) is 5.91. The van der Waals surface area contributed by atoms with Gasteiger partial charge in [0, 0.05) is 11.1 Å². The topological polar surface area (TPSA) is 38.1 Å². The molecular formula is C12H13ClN2O. The molecule has 3 rings (SSSR count). The molecule has 1 saturated heterocycles. The molecule has 0 saturated carbocycles. The van der Waals surface area contributed by atoms with E-state index in [9.17, 15) is 0 Å². The molecule has 0 spiro atoms. The van der Waals surface area contributed by atoms with Crippen LogP contribution in [0.25, 0.3) is 11.1 Å². The second-order valence-electron chi connectivity index (χ2n) is 4.36. The van der Waals surface area contributed by atoms with Gasteiger partial charge in [0.15, 0.2) is 5.58 Å². The van der Waals surface area contributed by atoms with Gasteiger partial charge in [-0.3, -0.25) is 0 Å². The Hall–Kier alpha value is -1.06. The van der Waals surface area contributed by atoms with E-state index < -0.39 is 0 Å². The maximum atomic E-state index is 5.91. The van der Waals surface area contributed by atoms with Crippen molar-refractivity contribution in [2.75, 3.05) is 6.54 Å². The van der Waals surface area contributed by atoms with Crippen LogP contribution in [-0.2, 0) is 0 Å². The SMILES string of the molecule is CC1CCNC1c1nc2ccc(Cl)cc2o1. The summed E-state index contributed by atoms with van der Waals surface area (Å²) in [5.74, 6) is 1.35. The molecule has 0 aliphatic carbocycles. The van der Waals surface area contributed by atoms with E-state index >= 15 is 0 Å². The Morgan fingerprint density at radius 3 is 3.12 bits per heavy atom. The van der Waals surface area contributed by atoms with Gasteiger partial charge in [0.2, 0.25) is 5.89 Å². The van der Waals surface area contributed by atoms with Gasteiger partial charge in [0.25, 0.3) is 0 Å². The van der Waals surface area contributed by atoms with Crippen LogP contribution in [0.2, 0.25) is 5.02 Å². The first-order chi connectivity index (χ1) is 7.74. The van der Waals surface area contributed by atoms with Crippen molar-refractivity contribution in [3.63, 3.8) is 0 Å². The molecule has 2 unspecified atom stereocenters. The number of hydrogen-bond donors (Lipinski definition) is 1. The first-order valence-electron chi connectivity index (χ1n) is 5.53. The number of nitrogens with zero attached hydrogens (tertiary/aromatic N) is 1. The molecule has 2 atom stereocenters. The highest BCUT2D eigenvalue weighted by molar-refractivity contribution is 6.31. The number of halogens is 1. The summed E-state index contributed by atoms with van der Waals surface area (Å²) in [6.45, 7) is 3.25. The number of fused-ring (bicyclic) bond motifs is 1. The molecule has 1 aromatic carbocycles. The molecular weight excluding hydrogens is 224 g/mol. The lowest BCUT2D eigenvalue weighted by Crippen LogP contribution is -2.16. The normalized spacial score (nSPS) is 25.4. The summed E-state index contributed by atoms with van der Waals surface area (Å²) in [5.41, 5.74) is 1.64. The van der Waals surface area contributed by atoms with Crippen molar-refractivity contribution in [3.8, 4) is 0 Å². The van der Waals surface area contributed by atoms with Crippen LogP contribution in [0, 0.1) is 5.92 Å². The minimum absolute atomic E-state index is 0.242. The standard InChI is InChI=1S/C12H13ClN2O/c1-7-4-5-14-11(7)12-15-9-3-2-8(13)6-10(9)16-12/h2-3,6-7,11,14H,4-5H2,1H3. The molecule has 4 heteroatoms. The molecule has 0 amide bonds. The third kappa shape index (κ3) is 1.60. The van der Waals surface area contributed by atoms with Gasteiger partial charge < -0.3 is 9.73 Å². The Bertz CT molecular complexity index is 523. The smallest absolute Gasteiger partial charge is 0.212 e. The molecule has 1 aromatic heterocycles. The molecule has 2 heterocycles. The summed E-state index contributed by atoms with van der Waals surface area (Å²) in [5, 5.41) is 4.09. The molecule has 1 aliphatic rings. The lowest BCUT2D eigenvalue weighted by Gasteiger charge is -2.10. The molecule has 1 fully saturated rings.